The van der Waals surface area contributed by atoms with Gasteiger partial charge in [0.2, 0.25) is 0 Å². The second-order valence-corrected chi connectivity index (χ2v) is 5.94. The van der Waals surface area contributed by atoms with Gasteiger partial charge in [-0.3, -0.25) is 9.69 Å². The lowest BCUT2D eigenvalue weighted by Gasteiger charge is -2.39. The van der Waals surface area contributed by atoms with Gasteiger partial charge in [0, 0.05) is 30.1 Å². The molecule has 1 saturated heterocycles. The quantitative estimate of drug-likeness (QED) is 0.838. The van der Waals surface area contributed by atoms with Crippen LogP contribution in [0.1, 0.15) is 24.2 Å². The number of carbonyl (C=O) groups is 1. The summed E-state index contributed by atoms with van der Waals surface area (Å²) in [6.07, 6.45) is 0. The number of likely N-dealkylation sites (N-methyl/N-ethyl adjacent to an activating group) is 1. The lowest BCUT2D eigenvalue weighted by molar-refractivity contribution is 0.0527. The van der Waals surface area contributed by atoms with E-state index < -0.39 is 5.82 Å². The molecule has 1 aliphatic heterocycles. The molecule has 6 heteroatoms. The van der Waals surface area contributed by atoms with Crippen LogP contribution in [0.4, 0.5) is 10.1 Å². The Bertz CT molecular complexity index is 523. The van der Waals surface area contributed by atoms with Crippen LogP contribution in [-0.4, -0.2) is 47.9 Å². The normalized spacial score (nSPS) is 20.2. The number of anilines is 1. The molecule has 1 aromatic rings. The van der Waals surface area contributed by atoms with Gasteiger partial charge in [-0.15, -0.1) is 0 Å². The minimum Gasteiger partial charge on any atom is -0.396 e. The van der Waals surface area contributed by atoms with Crippen molar-refractivity contribution in [3.63, 3.8) is 0 Å². The zero-order valence-electron chi connectivity index (χ0n) is 11.7. The molecule has 20 heavy (non-hydrogen) atoms. The highest BCUT2D eigenvalue weighted by Crippen LogP contribution is 2.25. The molecular weight excluding hydrogens is 325 g/mol. The highest BCUT2D eigenvalue weighted by molar-refractivity contribution is 9.10. The van der Waals surface area contributed by atoms with Crippen LogP contribution in [0.2, 0.25) is 0 Å². The van der Waals surface area contributed by atoms with Gasteiger partial charge in [-0.25, -0.2) is 4.39 Å². The van der Waals surface area contributed by atoms with E-state index in [4.69, 9.17) is 5.73 Å². The third-order valence-corrected chi connectivity index (χ3v) is 4.43. The second kappa shape index (κ2) is 6.10. The first-order chi connectivity index (χ1) is 9.43. The van der Waals surface area contributed by atoms with Crippen molar-refractivity contribution in [3.8, 4) is 0 Å². The van der Waals surface area contributed by atoms with E-state index in [0.717, 1.165) is 13.1 Å². The Morgan fingerprint density at radius 3 is 2.80 bits per heavy atom. The fourth-order valence-corrected chi connectivity index (χ4v) is 3.03. The van der Waals surface area contributed by atoms with Crippen LogP contribution in [0.3, 0.4) is 0 Å². The van der Waals surface area contributed by atoms with Gasteiger partial charge in [0.1, 0.15) is 5.82 Å². The van der Waals surface area contributed by atoms with Gasteiger partial charge in [0.05, 0.1) is 11.3 Å². The molecule has 110 valence electrons. The standard InChI is InChI=1S/C14H19BrFN3O/c1-3-18-4-5-19(8-9(18)2)14(20)10-6-13(17)12(16)7-11(10)15/h6-7,9H,3-5,8,17H2,1-2H3. The summed E-state index contributed by atoms with van der Waals surface area (Å²) in [4.78, 5) is 16.7. The van der Waals surface area contributed by atoms with Crippen LogP contribution in [-0.2, 0) is 0 Å². The van der Waals surface area contributed by atoms with E-state index in [1.54, 1.807) is 4.90 Å². The predicted molar refractivity (Wildman–Crippen MR) is 81.1 cm³/mol. The fraction of sp³-hybridized carbons (Fsp3) is 0.500. The SMILES string of the molecule is CCN1CCN(C(=O)c2cc(N)c(F)cc2Br)CC1C. The maximum atomic E-state index is 13.3. The minimum absolute atomic E-state index is 0.00297. The van der Waals surface area contributed by atoms with Crippen LogP contribution >= 0.6 is 15.9 Å². The predicted octanol–water partition coefficient (Wildman–Crippen LogP) is 2.34. The van der Waals surface area contributed by atoms with E-state index in [1.165, 1.54) is 12.1 Å². The molecule has 1 heterocycles. The van der Waals surface area contributed by atoms with E-state index >= 15 is 0 Å². The van der Waals surface area contributed by atoms with Crippen molar-refractivity contribution >= 4 is 27.5 Å². The maximum absolute atomic E-state index is 13.3. The molecule has 0 radical (unpaired) electrons. The third kappa shape index (κ3) is 2.96. The van der Waals surface area contributed by atoms with Crippen LogP contribution in [0.25, 0.3) is 0 Å². The minimum atomic E-state index is -0.516. The monoisotopic (exact) mass is 343 g/mol. The number of nitrogen functional groups attached to an aromatic ring is 1. The van der Waals surface area contributed by atoms with E-state index in [2.05, 4.69) is 34.7 Å². The number of hydrogen-bond donors (Lipinski definition) is 1. The highest BCUT2D eigenvalue weighted by Gasteiger charge is 2.27. The molecule has 2 N–H and O–H groups in total. The molecule has 1 unspecified atom stereocenters. The average molecular weight is 344 g/mol. The van der Waals surface area contributed by atoms with Gasteiger partial charge < -0.3 is 10.6 Å². The molecule has 0 saturated carbocycles. The van der Waals surface area contributed by atoms with Crippen molar-refractivity contribution in [2.24, 2.45) is 0 Å². The van der Waals surface area contributed by atoms with E-state index in [9.17, 15) is 9.18 Å². The third-order valence-electron chi connectivity index (χ3n) is 3.78. The number of hydrogen-bond acceptors (Lipinski definition) is 3. The van der Waals surface area contributed by atoms with Crippen LogP contribution in [0.15, 0.2) is 16.6 Å². The van der Waals surface area contributed by atoms with Crippen molar-refractivity contribution in [1.82, 2.24) is 9.80 Å². The van der Waals surface area contributed by atoms with E-state index in [-0.39, 0.29) is 11.6 Å². The van der Waals surface area contributed by atoms with Crippen LogP contribution in [0.5, 0.6) is 0 Å². The van der Waals surface area contributed by atoms with Gasteiger partial charge in [-0.2, -0.15) is 0 Å². The molecule has 2 rings (SSSR count). The van der Waals surface area contributed by atoms with Gasteiger partial charge in [-0.1, -0.05) is 6.92 Å². The number of rotatable bonds is 2. The Hall–Kier alpha value is -1.14. The number of carbonyl (C=O) groups excluding carboxylic acids is 1. The molecule has 4 nitrogen and oxygen atoms in total. The molecule has 0 bridgehead atoms. The lowest BCUT2D eigenvalue weighted by Crippen LogP contribution is -2.53. The topological polar surface area (TPSA) is 49.6 Å². The second-order valence-electron chi connectivity index (χ2n) is 5.08. The Balaban J connectivity index is 2.18. The number of halogens is 2. The number of nitrogens with zero attached hydrogens (tertiary/aromatic N) is 2. The molecule has 1 amide bonds. The number of benzene rings is 1. The summed E-state index contributed by atoms with van der Waals surface area (Å²) in [5.74, 6) is -0.622. The van der Waals surface area contributed by atoms with Crippen molar-refractivity contribution in [2.45, 2.75) is 19.9 Å². The summed E-state index contributed by atoms with van der Waals surface area (Å²) in [5, 5.41) is 0. The summed E-state index contributed by atoms with van der Waals surface area (Å²) in [6, 6.07) is 2.97. The fourth-order valence-electron chi connectivity index (χ4n) is 2.55. The van der Waals surface area contributed by atoms with Crippen molar-refractivity contribution in [1.29, 1.82) is 0 Å². The Morgan fingerprint density at radius 2 is 2.20 bits per heavy atom. The van der Waals surface area contributed by atoms with Crippen LogP contribution < -0.4 is 5.73 Å². The van der Waals surface area contributed by atoms with E-state index in [1.807, 2.05) is 0 Å². The lowest BCUT2D eigenvalue weighted by atomic mass is 10.1. The van der Waals surface area contributed by atoms with Gasteiger partial charge in [-0.05, 0) is 41.5 Å². The van der Waals surface area contributed by atoms with Gasteiger partial charge in [0.15, 0.2) is 0 Å². The zero-order chi connectivity index (χ0) is 14.9. The molecule has 0 spiro atoms. The van der Waals surface area contributed by atoms with Gasteiger partial charge in [0.25, 0.3) is 5.91 Å². The summed E-state index contributed by atoms with van der Waals surface area (Å²) < 4.78 is 13.8. The first-order valence-electron chi connectivity index (χ1n) is 6.71. The van der Waals surface area contributed by atoms with Crippen molar-refractivity contribution < 1.29 is 9.18 Å². The summed E-state index contributed by atoms with van der Waals surface area (Å²) in [7, 11) is 0. The highest BCUT2D eigenvalue weighted by atomic mass is 79.9. The Morgan fingerprint density at radius 1 is 1.50 bits per heavy atom. The smallest absolute Gasteiger partial charge is 0.255 e. The summed E-state index contributed by atoms with van der Waals surface area (Å²) in [5.41, 5.74) is 5.97. The number of piperazine rings is 1. The maximum Gasteiger partial charge on any atom is 0.255 e. The largest absolute Gasteiger partial charge is 0.396 e. The molecule has 1 aliphatic rings. The first-order valence-corrected chi connectivity index (χ1v) is 7.51. The number of amides is 1. The Kier molecular flexibility index (Phi) is 4.65. The first kappa shape index (κ1) is 15.3. The average Bonchev–Trinajstić information content (AvgIpc) is 2.42. The number of nitrogens with two attached hydrogens (primary N) is 1. The molecule has 1 fully saturated rings. The molecule has 0 aliphatic carbocycles. The Labute approximate surface area is 126 Å². The van der Waals surface area contributed by atoms with E-state index in [0.29, 0.717) is 29.2 Å². The zero-order valence-corrected chi connectivity index (χ0v) is 13.3. The molecule has 1 atom stereocenters. The molecule has 0 aromatic heterocycles. The summed E-state index contributed by atoms with van der Waals surface area (Å²) in [6.45, 7) is 7.42. The van der Waals surface area contributed by atoms with Gasteiger partial charge >= 0.3 is 0 Å². The van der Waals surface area contributed by atoms with Crippen molar-refractivity contribution in [2.75, 3.05) is 31.9 Å². The molecule has 1 aromatic carbocycles. The molecular formula is C14H19BrFN3O. The summed E-state index contributed by atoms with van der Waals surface area (Å²) >= 11 is 3.24. The van der Waals surface area contributed by atoms with Crippen molar-refractivity contribution in [3.05, 3.63) is 28.0 Å². The van der Waals surface area contributed by atoms with Crippen LogP contribution in [0, 0.1) is 5.82 Å².